The lowest BCUT2D eigenvalue weighted by molar-refractivity contribution is -0.605. The molecule has 0 aromatic carbocycles. The maximum Gasteiger partial charge on any atom is 0.250 e. The fourth-order valence-electron chi connectivity index (χ4n) is 17.0. The lowest BCUT2D eigenvalue weighted by Gasteiger charge is -2.36. The molecule has 17 rings (SSSR count). The molecule has 32 heteroatoms. The number of rotatable bonds is 28. The Balaban J connectivity index is 0.000000131. The Hall–Kier alpha value is -11.5. The number of fused-ring (bicyclic) bond motifs is 4. The molecule has 5 aliphatic rings. The first-order valence-corrected chi connectivity index (χ1v) is 43.1. The summed E-state index contributed by atoms with van der Waals surface area (Å²) in [5.41, 5.74) is 11.6. The summed E-state index contributed by atoms with van der Waals surface area (Å²) in [4.78, 5) is 59.8. The second-order valence-corrected chi connectivity index (χ2v) is 32.5. The topological polar surface area (TPSA) is 373 Å². The Bertz CT molecular complexity index is 5610. The van der Waals surface area contributed by atoms with E-state index in [1.54, 1.807) is 77.7 Å². The molecule has 6 atom stereocenters. The zero-order valence-electron chi connectivity index (χ0n) is 70.1. The molecule has 3 saturated carbocycles. The molecular formula is C88H118N24O8. The molecule has 2 aliphatic heterocycles. The average Bonchev–Trinajstić information content (AvgIpc) is 1.62. The number of nitrogens with one attached hydrogen (secondary N) is 6. The summed E-state index contributed by atoms with van der Waals surface area (Å²) in [5, 5.41) is 89.2. The van der Waals surface area contributed by atoms with Crippen LogP contribution in [-0.4, -0.2) is 156 Å². The number of nitrogens with zero attached hydrogens (tertiary/aromatic N) is 18. The lowest BCUT2D eigenvalue weighted by Crippen LogP contribution is -2.40. The van der Waals surface area contributed by atoms with Gasteiger partial charge in [0.25, 0.3) is 11.1 Å². The van der Waals surface area contributed by atoms with Crippen molar-refractivity contribution in [2.45, 2.75) is 212 Å². The smallest absolute Gasteiger partial charge is 0.250 e. The van der Waals surface area contributed by atoms with Crippen molar-refractivity contribution in [2.24, 2.45) is 33.0 Å². The molecule has 32 nitrogen and oxygen atoms in total. The van der Waals surface area contributed by atoms with Gasteiger partial charge in [0.15, 0.2) is 35.0 Å². The number of hydrogen-bond acceptors (Lipinski definition) is 24. The quantitative estimate of drug-likeness (QED) is 0.0161. The summed E-state index contributed by atoms with van der Waals surface area (Å²) < 4.78 is 12.9. The summed E-state index contributed by atoms with van der Waals surface area (Å²) in [6.45, 7) is 11.1. The van der Waals surface area contributed by atoms with Crippen molar-refractivity contribution in [3.63, 3.8) is 0 Å². The molecule has 0 unspecified atom stereocenters. The van der Waals surface area contributed by atoms with Crippen LogP contribution in [0.4, 0.5) is 46.5 Å². The molecule has 120 heavy (non-hydrogen) atoms. The summed E-state index contributed by atoms with van der Waals surface area (Å²) in [7, 11) is 5.24. The zero-order chi connectivity index (χ0) is 83.8. The van der Waals surface area contributed by atoms with Crippen LogP contribution in [0.2, 0.25) is 0 Å². The molecule has 14 heterocycles. The Labute approximate surface area is 698 Å². The van der Waals surface area contributed by atoms with Crippen LogP contribution < -0.4 is 63.1 Å². The molecule has 2 saturated heterocycles. The number of piperidine rings is 2. The first-order valence-electron chi connectivity index (χ1n) is 43.1. The van der Waals surface area contributed by atoms with Crippen LogP contribution in [0.1, 0.15) is 187 Å². The largest absolute Gasteiger partial charge is 0.619 e. The molecule has 0 amide bonds. The fourth-order valence-corrected chi connectivity index (χ4v) is 17.0. The summed E-state index contributed by atoms with van der Waals surface area (Å²) in [6, 6.07) is 23.3. The third-order valence-corrected chi connectivity index (χ3v) is 24.2. The van der Waals surface area contributed by atoms with Crippen LogP contribution in [0.25, 0.3) is 22.6 Å². The Morgan fingerprint density at radius 2 is 0.883 bits per heavy atom. The minimum Gasteiger partial charge on any atom is -0.619 e. The second kappa shape index (κ2) is 40.1. The highest BCUT2D eigenvalue weighted by Crippen LogP contribution is 2.43. The molecule has 12 aromatic rings. The molecule has 12 aromatic heterocycles. The third kappa shape index (κ3) is 20.5. The van der Waals surface area contributed by atoms with E-state index in [4.69, 9.17) is 19.9 Å². The van der Waals surface area contributed by atoms with Gasteiger partial charge in [-0.15, -0.1) is 0 Å². The third-order valence-electron chi connectivity index (χ3n) is 24.2. The van der Waals surface area contributed by atoms with Crippen LogP contribution in [-0.2, 0) is 66.6 Å². The summed E-state index contributed by atoms with van der Waals surface area (Å²) in [6.07, 6.45) is 38.1. The van der Waals surface area contributed by atoms with E-state index in [0.29, 0.717) is 44.2 Å². The second-order valence-electron chi connectivity index (χ2n) is 32.5. The standard InChI is InChI=1S/C22H28N6O2.3C22H30N6O2/c29-14-17-5-1-2-6-19(17)25-20-10-21(23-11-15-4-3-9-27(30)13-15)28-22(26-20)18(12-24-28)16-7-8-16;1-3-17-15-24-28-19(23-14-16-7-10-26(2)21(30)12-16)13-20(25-22(17)28)27-9-5-4-6-18(27)8-11-29;1-3-17-14-24-28-19(23-13-16-7-8-21(30)26(2)15-16)12-20(25-22(17)28)27-10-5-4-6-18(27)9-11-29;1-3-16-13-24-28-20(23-12-15-8-9-27(2)21(30)10-15)11-19(26-22(16)28)25-18-7-5-4-6-17(18)14-29/h3-4,9-10,12-13,16-17,19,23,29H,1-2,5-8,11,14H2,(H,25,26);7,10,12-13,15,18,23,29H,3-6,8-9,11,14H2,1-2H3;7-8,12,14-15,18,23,29H,3-6,9-11,13H2,1-2H3;8-11,13,17-18,23,29H,3-7,12,14H2,1-2H3,(H,25,26)/t17-,19-;2*18-;17-,18-/m0000/s1. The maximum atomic E-state index is 11.9. The van der Waals surface area contributed by atoms with Gasteiger partial charge in [-0.1, -0.05) is 52.5 Å². The van der Waals surface area contributed by atoms with E-state index in [2.05, 4.69) is 88.9 Å². The van der Waals surface area contributed by atoms with Crippen LogP contribution in [0.5, 0.6) is 0 Å². The number of aryl methyl sites for hydroxylation is 6. The van der Waals surface area contributed by atoms with E-state index in [-0.39, 0.29) is 67.0 Å². The highest BCUT2D eigenvalue weighted by Gasteiger charge is 2.32. The van der Waals surface area contributed by atoms with Gasteiger partial charge < -0.3 is 81.0 Å². The SMILES string of the molecule is CCc1cnn2c(NCc3ccc(=O)n(C)c3)cc(N3CCCC[C@H]3CCO)nc12.CCc1cnn2c(NCc3ccn(C)c(=O)c3)cc(N3CCCC[C@H]3CCO)nc12.CCc1cnn2c(NCc3ccn(C)c(=O)c3)cc(N[C@H]3CCCC[C@H]3CO)nc12.[O-][n+]1cccc(CNc2cc(N[C@H]3CCCC[C@H]3CO)nc3c(C4CC4)cnn23)c1. The molecule has 0 spiro atoms. The van der Waals surface area contributed by atoms with Crippen LogP contribution >= 0.6 is 0 Å². The van der Waals surface area contributed by atoms with E-state index < -0.39 is 0 Å². The van der Waals surface area contributed by atoms with Crippen molar-refractivity contribution >= 4 is 69.1 Å². The average molecular weight is 1640 g/mol. The predicted octanol–water partition coefficient (Wildman–Crippen LogP) is 10.1. The van der Waals surface area contributed by atoms with Gasteiger partial charge in [0.2, 0.25) is 5.56 Å². The highest BCUT2D eigenvalue weighted by molar-refractivity contribution is 5.65. The molecule has 0 bridgehead atoms. The van der Waals surface area contributed by atoms with E-state index in [9.17, 15) is 40.0 Å². The van der Waals surface area contributed by atoms with Crippen LogP contribution in [0, 0.1) is 17.0 Å². The van der Waals surface area contributed by atoms with Gasteiger partial charge in [0, 0.05) is 218 Å². The summed E-state index contributed by atoms with van der Waals surface area (Å²) in [5.74, 6) is 7.89. The Morgan fingerprint density at radius 3 is 1.33 bits per heavy atom. The van der Waals surface area contributed by atoms with Crippen molar-refractivity contribution in [1.29, 1.82) is 0 Å². The molecule has 5 fully saturated rings. The molecule has 10 N–H and O–H groups in total. The first-order chi connectivity index (χ1) is 58.5. The van der Waals surface area contributed by atoms with Crippen molar-refractivity contribution in [3.8, 4) is 0 Å². The van der Waals surface area contributed by atoms with Gasteiger partial charge >= 0.3 is 0 Å². The molecule has 638 valence electrons. The lowest BCUT2D eigenvalue weighted by atomic mass is 9.85. The van der Waals surface area contributed by atoms with Gasteiger partial charge in [-0.2, -0.15) is 43.2 Å². The van der Waals surface area contributed by atoms with Gasteiger partial charge in [0.05, 0.1) is 24.8 Å². The number of aromatic nitrogens is 16. The van der Waals surface area contributed by atoms with Crippen molar-refractivity contribution in [3.05, 3.63) is 209 Å². The van der Waals surface area contributed by atoms with E-state index in [1.165, 1.54) is 56.7 Å². The molecule has 0 radical (unpaired) electrons. The van der Waals surface area contributed by atoms with Gasteiger partial charge in [-0.25, -0.2) is 19.9 Å². The summed E-state index contributed by atoms with van der Waals surface area (Å²) >= 11 is 0. The number of hydrogen-bond donors (Lipinski definition) is 10. The van der Waals surface area contributed by atoms with Gasteiger partial charge in [-0.05, 0) is 150 Å². The number of aliphatic hydroxyl groups excluding tert-OH is 4. The Morgan fingerprint density at radius 1 is 0.450 bits per heavy atom. The van der Waals surface area contributed by atoms with Crippen molar-refractivity contribution < 1.29 is 25.2 Å². The van der Waals surface area contributed by atoms with Crippen LogP contribution in [0.15, 0.2) is 143 Å². The number of anilines is 8. The number of aliphatic hydroxyl groups is 4. The van der Waals surface area contributed by atoms with Crippen molar-refractivity contribution in [1.82, 2.24) is 72.1 Å². The van der Waals surface area contributed by atoms with E-state index in [1.807, 2.05) is 91.5 Å². The molecule has 3 aliphatic carbocycles. The predicted molar refractivity (Wildman–Crippen MR) is 468 cm³/mol. The van der Waals surface area contributed by atoms with Crippen LogP contribution in [0.3, 0.4) is 0 Å². The minimum absolute atomic E-state index is 0.0213. The molecular weight excluding hydrogens is 1520 g/mol. The first kappa shape index (κ1) is 85.0. The normalized spacial score (nSPS) is 18.6. The zero-order valence-corrected chi connectivity index (χ0v) is 70.1. The van der Waals surface area contributed by atoms with E-state index in [0.717, 1.165) is 216 Å². The minimum atomic E-state index is -0.0313. The monoisotopic (exact) mass is 1640 g/mol. The number of pyridine rings is 4. The fraction of sp³-hybridized carbons (Fsp3) is 0.500. The van der Waals surface area contributed by atoms with E-state index >= 15 is 0 Å². The van der Waals surface area contributed by atoms with Crippen molar-refractivity contribution in [2.75, 3.05) is 81.2 Å². The highest BCUT2D eigenvalue weighted by atomic mass is 16.5. The Kier molecular flexibility index (Phi) is 28.4. The van der Waals surface area contributed by atoms with Gasteiger partial charge in [-0.3, -0.25) is 14.4 Å². The maximum absolute atomic E-state index is 11.9. The van der Waals surface area contributed by atoms with Gasteiger partial charge in [0.1, 0.15) is 46.5 Å².